The molecule has 0 bridgehead atoms. The Balaban J connectivity index is 0.870. The van der Waals surface area contributed by atoms with Crippen molar-refractivity contribution in [2.24, 2.45) is 0 Å². The fourth-order valence-corrected chi connectivity index (χ4v) is 11.8. The molecule has 0 aliphatic rings. The molecule has 0 saturated carbocycles. The molecule has 0 aliphatic carbocycles. The van der Waals surface area contributed by atoms with Crippen LogP contribution in [0, 0.1) is 0 Å². The predicted octanol–water partition coefficient (Wildman–Crippen LogP) is 20.3. The third kappa shape index (κ3) is 7.12. The van der Waals surface area contributed by atoms with Crippen LogP contribution in [-0.2, 0) is 0 Å². The monoisotopic (exact) mass is 954 g/mol. The molecule has 13 aromatic carbocycles. The van der Waals surface area contributed by atoms with Crippen molar-refractivity contribution in [2.45, 2.75) is 0 Å². The molecule has 0 atom stereocenters. The van der Waals surface area contributed by atoms with Gasteiger partial charge in [0.1, 0.15) is 11.2 Å². The van der Waals surface area contributed by atoms with Gasteiger partial charge in [-0.2, -0.15) is 0 Å². The zero-order valence-electron chi connectivity index (χ0n) is 40.9. The molecule has 0 amide bonds. The lowest BCUT2D eigenvalue weighted by molar-refractivity contribution is 0.673. The van der Waals surface area contributed by atoms with E-state index in [0.717, 1.165) is 89.0 Å². The third-order valence-corrected chi connectivity index (χ3v) is 15.4. The quantitative estimate of drug-likeness (QED) is 0.142. The van der Waals surface area contributed by atoms with Gasteiger partial charge in [0.15, 0.2) is 0 Å². The minimum atomic E-state index is 0.887. The summed E-state index contributed by atoms with van der Waals surface area (Å²) < 4.78 is 9.02. The lowest BCUT2D eigenvalue weighted by atomic mass is 9.93. The van der Waals surface area contributed by atoms with Crippen LogP contribution in [0.2, 0.25) is 0 Å². The van der Waals surface area contributed by atoms with Crippen molar-refractivity contribution in [3.05, 3.63) is 279 Å². The van der Waals surface area contributed by atoms with E-state index >= 15 is 0 Å². The van der Waals surface area contributed by atoms with Crippen LogP contribution in [0.1, 0.15) is 0 Å². The molecule has 0 aliphatic heterocycles. The Morgan fingerprint density at radius 2 is 0.813 bits per heavy atom. The van der Waals surface area contributed by atoms with Gasteiger partial charge >= 0.3 is 0 Å². The number of aromatic nitrogens is 1. The van der Waals surface area contributed by atoms with Gasteiger partial charge in [-0.25, -0.2) is 0 Å². The number of benzene rings is 13. The fraction of sp³-hybridized carbons (Fsp3) is 0. The summed E-state index contributed by atoms with van der Waals surface area (Å²) in [5.41, 5.74) is 17.7. The number of hydrogen-bond acceptors (Lipinski definition) is 2. The molecule has 0 saturated heterocycles. The maximum Gasteiger partial charge on any atom is 0.143 e. The van der Waals surface area contributed by atoms with Gasteiger partial charge in [0.25, 0.3) is 0 Å². The van der Waals surface area contributed by atoms with E-state index in [2.05, 4.69) is 289 Å². The van der Waals surface area contributed by atoms with Crippen molar-refractivity contribution in [1.82, 2.24) is 4.57 Å². The lowest BCUT2D eigenvalue weighted by Gasteiger charge is -2.29. The smallest absolute Gasteiger partial charge is 0.143 e. The number of fused-ring (bicyclic) bond motifs is 11. The van der Waals surface area contributed by atoms with Gasteiger partial charge in [0, 0.05) is 49.6 Å². The van der Waals surface area contributed by atoms with Crippen molar-refractivity contribution in [3.63, 3.8) is 0 Å². The number of rotatable bonds is 8. The Labute approximate surface area is 434 Å². The maximum atomic E-state index is 6.63. The van der Waals surface area contributed by atoms with Crippen LogP contribution < -0.4 is 4.90 Å². The summed E-state index contributed by atoms with van der Waals surface area (Å²) in [4.78, 5) is 2.42. The average Bonchev–Trinajstić information content (AvgIpc) is 4.04. The summed E-state index contributed by atoms with van der Waals surface area (Å²) in [6.45, 7) is 0. The SMILES string of the molecule is c1ccc(-c2cc(-c3ccc4c(ccc5ccccc54)c3)ccc2N(c2ccc(-c3cccc(-n4c5ccccc5c5ccccc54)c3)cc2)c2ccc(-c3cccc4oc5c6ccccc6ccc5c34)cc2)cc1. The van der Waals surface area contributed by atoms with Crippen LogP contribution in [0.25, 0.3) is 126 Å². The minimum Gasteiger partial charge on any atom is -0.455 e. The van der Waals surface area contributed by atoms with Gasteiger partial charge in [-0.05, 0) is 145 Å². The molecule has 3 heteroatoms. The highest BCUT2D eigenvalue weighted by Crippen LogP contribution is 2.46. The van der Waals surface area contributed by atoms with E-state index in [1.165, 1.54) is 54.3 Å². The second-order valence-electron chi connectivity index (χ2n) is 19.6. The van der Waals surface area contributed by atoms with Crippen LogP contribution in [0.4, 0.5) is 17.1 Å². The molecule has 15 aromatic rings. The van der Waals surface area contributed by atoms with E-state index < -0.39 is 0 Å². The van der Waals surface area contributed by atoms with E-state index in [1.54, 1.807) is 0 Å². The van der Waals surface area contributed by atoms with E-state index in [0.29, 0.717) is 0 Å². The second-order valence-corrected chi connectivity index (χ2v) is 19.6. The molecule has 0 spiro atoms. The Morgan fingerprint density at radius 3 is 1.57 bits per heavy atom. The first-order chi connectivity index (χ1) is 37.2. The summed E-state index contributed by atoms with van der Waals surface area (Å²) in [6.07, 6.45) is 0. The third-order valence-electron chi connectivity index (χ3n) is 15.4. The van der Waals surface area contributed by atoms with Crippen LogP contribution in [0.5, 0.6) is 0 Å². The van der Waals surface area contributed by atoms with Crippen molar-refractivity contribution in [1.29, 1.82) is 0 Å². The van der Waals surface area contributed by atoms with E-state index in [9.17, 15) is 0 Å². The number of anilines is 3. The molecular weight excluding hydrogens is 909 g/mol. The average molecular weight is 955 g/mol. The first-order valence-electron chi connectivity index (χ1n) is 25.7. The summed E-state index contributed by atoms with van der Waals surface area (Å²) in [5.74, 6) is 0. The standard InChI is InChI=1S/C72H46N2O/c1-2-14-48(15-3-1)66-46-54(53-35-41-60-55(44-53)29-28-49-16-4-6-20-59(49)60)36-43-69(66)73(57-39-32-51(33-40-57)61-24-13-27-70-71(61)65-42-34-50-17-5-7-21-62(50)72(65)75-70)56-37-30-47(31-38-56)52-18-12-19-58(45-52)74-67-25-10-8-22-63(67)64-23-9-11-26-68(64)74/h1-46H. The normalized spacial score (nSPS) is 11.7. The number of furan rings is 1. The van der Waals surface area contributed by atoms with Crippen molar-refractivity contribution in [3.8, 4) is 50.2 Å². The Bertz CT molecular complexity index is 4640. The highest BCUT2D eigenvalue weighted by atomic mass is 16.3. The predicted molar refractivity (Wildman–Crippen MR) is 317 cm³/mol. The molecule has 0 fully saturated rings. The first-order valence-corrected chi connectivity index (χ1v) is 25.7. The van der Waals surface area contributed by atoms with Gasteiger partial charge in [-0.1, -0.05) is 200 Å². The zero-order valence-corrected chi connectivity index (χ0v) is 40.9. The number of nitrogens with zero attached hydrogens (tertiary/aromatic N) is 2. The minimum absolute atomic E-state index is 0.887. The molecule has 15 rings (SSSR count). The molecule has 2 heterocycles. The molecule has 3 nitrogen and oxygen atoms in total. The maximum absolute atomic E-state index is 6.63. The molecule has 2 aromatic heterocycles. The highest BCUT2D eigenvalue weighted by Gasteiger charge is 2.21. The van der Waals surface area contributed by atoms with E-state index in [1.807, 2.05) is 0 Å². The summed E-state index contributed by atoms with van der Waals surface area (Å²) in [6, 6.07) is 102. The van der Waals surface area contributed by atoms with Gasteiger partial charge in [-0.15, -0.1) is 0 Å². The molecule has 0 radical (unpaired) electrons. The molecule has 75 heavy (non-hydrogen) atoms. The molecule has 0 N–H and O–H groups in total. The van der Waals surface area contributed by atoms with Gasteiger partial charge in [0.2, 0.25) is 0 Å². The number of para-hydroxylation sites is 2. The topological polar surface area (TPSA) is 21.3 Å². The molecular formula is C72H46N2O. The van der Waals surface area contributed by atoms with Crippen LogP contribution in [0.3, 0.4) is 0 Å². The summed E-state index contributed by atoms with van der Waals surface area (Å²) >= 11 is 0. The van der Waals surface area contributed by atoms with E-state index in [4.69, 9.17) is 4.42 Å². The number of hydrogen-bond donors (Lipinski definition) is 0. The van der Waals surface area contributed by atoms with Crippen molar-refractivity contribution in [2.75, 3.05) is 4.90 Å². The first kappa shape index (κ1) is 42.7. The second kappa shape index (κ2) is 17.4. The van der Waals surface area contributed by atoms with Crippen LogP contribution >= 0.6 is 0 Å². The Morgan fingerprint density at radius 1 is 0.293 bits per heavy atom. The van der Waals surface area contributed by atoms with Gasteiger partial charge < -0.3 is 13.9 Å². The zero-order chi connectivity index (χ0) is 49.4. The van der Waals surface area contributed by atoms with Crippen molar-refractivity contribution < 1.29 is 4.42 Å². The fourth-order valence-electron chi connectivity index (χ4n) is 11.8. The lowest BCUT2D eigenvalue weighted by Crippen LogP contribution is -2.11. The molecule has 350 valence electrons. The Hall–Kier alpha value is -9.96. The summed E-state index contributed by atoms with van der Waals surface area (Å²) in [5, 5.41) is 12.1. The van der Waals surface area contributed by atoms with Crippen molar-refractivity contribution >= 4 is 93.1 Å². The summed E-state index contributed by atoms with van der Waals surface area (Å²) in [7, 11) is 0. The highest BCUT2D eigenvalue weighted by molar-refractivity contribution is 6.19. The molecule has 0 unspecified atom stereocenters. The van der Waals surface area contributed by atoms with E-state index in [-0.39, 0.29) is 0 Å². The van der Waals surface area contributed by atoms with Gasteiger partial charge in [-0.3, -0.25) is 0 Å². The van der Waals surface area contributed by atoms with Crippen LogP contribution in [0.15, 0.2) is 283 Å². The Kier molecular flexibility index (Phi) is 9.89. The van der Waals surface area contributed by atoms with Gasteiger partial charge in [0.05, 0.1) is 16.7 Å². The van der Waals surface area contributed by atoms with Crippen LogP contribution in [-0.4, -0.2) is 4.57 Å². The largest absolute Gasteiger partial charge is 0.455 e.